The van der Waals surface area contributed by atoms with Gasteiger partial charge in [-0.05, 0) is 26.7 Å². The van der Waals surface area contributed by atoms with Crippen LogP contribution in [-0.2, 0) is 9.47 Å². The van der Waals surface area contributed by atoms with Crippen LogP contribution >= 0.6 is 11.3 Å². The van der Waals surface area contributed by atoms with Gasteiger partial charge in [0.2, 0.25) is 0 Å². The summed E-state index contributed by atoms with van der Waals surface area (Å²) >= 11 is 1.58. The van der Waals surface area contributed by atoms with Gasteiger partial charge in [0.15, 0.2) is 11.5 Å². The highest BCUT2D eigenvalue weighted by atomic mass is 32.1. The number of ether oxygens (including phenoxy) is 4. The summed E-state index contributed by atoms with van der Waals surface area (Å²) in [5.74, 6) is 1.57. The largest absolute Gasteiger partial charge is 0.484 e. The van der Waals surface area contributed by atoms with Gasteiger partial charge in [0.25, 0.3) is 0 Å². The van der Waals surface area contributed by atoms with E-state index < -0.39 is 0 Å². The Bertz CT molecular complexity index is 334. The minimum Gasteiger partial charge on any atom is -0.484 e. The van der Waals surface area contributed by atoms with E-state index in [1.165, 1.54) is 0 Å². The Labute approximate surface area is 132 Å². The third-order valence-corrected chi connectivity index (χ3v) is 3.35. The maximum absolute atomic E-state index is 5.88. The Hall–Kier alpha value is -0.780. The fourth-order valence-corrected chi connectivity index (χ4v) is 2.39. The first-order chi connectivity index (χ1) is 10.2. The van der Waals surface area contributed by atoms with Gasteiger partial charge in [-0.25, -0.2) is 0 Å². The van der Waals surface area contributed by atoms with E-state index in [4.69, 9.17) is 18.9 Å². The third-order valence-electron chi connectivity index (χ3n) is 2.65. The Kier molecular flexibility index (Phi) is 9.46. The predicted molar refractivity (Wildman–Crippen MR) is 86.7 cm³/mol. The number of rotatable bonds is 12. The normalized spacial score (nSPS) is 13.9. The van der Waals surface area contributed by atoms with Crippen molar-refractivity contribution in [2.45, 2.75) is 52.7 Å². The molecule has 0 aromatic carbocycles. The van der Waals surface area contributed by atoms with Crippen molar-refractivity contribution in [2.24, 2.45) is 0 Å². The summed E-state index contributed by atoms with van der Waals surface area (Å²) in [7, 11) is 0. The Balaban J connectivity index is 2.38. The summed E-state index contributed by atoms with van der Waals surface area (Å²) in [6, 6.07) is 0. The highest BCUT2D eigenvalue weighted by molar-refractivity contribution is 7.08. The molecule has 21 heavy (non-hydrogen) atoms. The molecular formula is C16H28O4S. The van der Waals surface area contributed by atoms with Crippen LogP contribution in [0, 0.1) is 0 Å². The summed E-state index contributed by atoms with van der Waals surface area (Å²) in [6.07, 6.45) is 2.07. The van der Waals surface area contributed by atoms with Crippen molar-refractivity contribution in [1.82, 2.24) is 0 Å². The lowest BCUT2D eigenvalue weighted by molar-refractivity contribution is 0.0466. The monoisotopic (exact) mass is 316 g/mol. The van der Waals surface area contributed by atoms with Gasteiger partial charge in [0, 0.05) is 24.0 Å². The lowest BCUT2D eigenvalue weighted by Crippen LogP contribution is -2.21. The van der Waals surface area contributed by atoms with Crippen LogP contribution in [0.5, 0.6) is 11.5 Å². The van der Waals surface area contributed by atoms with E-state index >= 15 is 0 Å². The molecule has 0 amide bonds. The minimum atomic E-state index is 0.0140. The highest BCUT2D eigenvalue weighted by Gasteiger charge is 2.13. The van der Waals surface area contributed by atoms with E-state index in [1.54, 1.807) is 11.3 Å². The first-order valence-electron chi connectivity index (χ1n) is 7.72. The molecule has 0 bridgehead atoms. The van der Waals surface area contributed by atoms with E-state index in [2.05, 4.69) is 13.8 Å². The van der Waals surface area contributed by atoms with Crippen LogP contribution < -0.4 is 9.47 Å². The van der Waals surface area contributed by atoms with Crippen molar-refractivity contribution in [1.29, 1.82) is 0 Å². The number of thiophene rings is 1. The summed E-state index contributed by atoms with van der Waals surface area (Å²) in [5, 5.41) is 3.93. The quantitative estimate of drug-likeness (QED) is 0.543. The average molecular weight is 316 g/mol. The standard InChI is InChI=1S/C16H28O4S/c1-5-7-17-9-13(3)19-15-11-21-12-16(15)20-14(4)10-18-8-6-2/h11-14H,5-10H2,1-4H3. The minimum absolute atomic E-state index is 0.0140. The summed E-state index contributed by atoms with van der Waals surface area (Å²) < 4.78 is 22.8. The first-order valence-corrected chi connectivity index (χ1v) is 8.66. The summed E-state index contributed by atoms with van der Waals surface area (Å²) in [5.41, 5.74) is 0. The number of hydrogen-bond donors (Lipinski definition) is 0. The summed E-state index contributed by atoms with van der Waals surface area (Å²) in [4.78, 5) is 0. The molecule has 0 spiro atoms. The molecule has 0 saturated heterocycles. The lowest BCUT2D eigenvalue weighted by Gasteiger charge is -2.18. The lowest BCUT2D eigenvalue weighted by atomic mass is 10.4. The van der Waals surface area contributed by atoms with Crippen LogP contribution in [-0.4, -0.2) is 38.6 Å². The molecule has 0 N–H and O–H groups in total. The van der Waals surface area contributed by atoms with Crippen LogP contribution in [0.25, 0.3) is 0 Å². The molecule has 0 aliphatic rings. The Morgan fingerprint density at radius 2 is 1.29 bits per heavy atom. The molecule has 1 rings (SSSR count). The maximum Gasteiger partial charge on any atom is 0.172 e. The fraction of sp³-hybridized carbons (Fsp3) is 0.750. The van der Waals surface area contributed by atoms with E-state index in [-0.39, 0.29) is 12.2 Å². The van der Waals surface area contributed by atoms with Crippen LogP contribution in [0.2, 0.25) is 0 Å². The van der Waals surface area contributed by atoms with Gasteiger partial charge < -0.3 is 18.9 Å². The molecule has 2 atom stereocenters. The van der Waals surface area contributed by atoms with Crippen molar-refractivity contribution in [3.63, 3.8) is 0 Å². The molecule has 1 aromatic rings. The van der Waals surface area contributed by atoms with Crippen LogP contribution in [0.15, 0.2) is 10.8 Å². The second kappa shape index (κ2) is 10.9. The van der Waals surface area contributed by atoms with Crippen molar-refractivity contribution >= 4 is 11.3 Å². The highest BCUT2D eigenvalue weighted by Crippen LogP contribution is 2.33. The van der Waals surface area contributed by atoms with Gasteiger partial charge in [-0.2, -0.15) is 0 Å². The molecule has 5 heteroatoms. The van der Waals surface area contributed by atoms with E-state index in [0.29, 0.717) is 13.2 Å². The molecule has 1 heterocycles. The maximum atomic E-state index is 5.88. The molecular weight excluding hydrogens is 288 g/mol. The molecule has 0 fully saturated rings. The predicted octanol–water partition coefficient (Wildman–Crippen LogP) is 4.14. The third kappa shape index (κ3) is 7.69. The SMILES string of the molecule is CCCOCC(C)Oc1cscc1OC(C)COCCC. The van der Waals surface area contributed by atoms with Crippen molar-refractivity contribution in [2.75, 3.05) is 26.4 Å². The van der Waals surface area contributed by atoms with Crippen molar-refractivity contribution in [3.8, 4) is 11.5 Å². The smallest absolute Gasteiger partial charge is 0.172 e. The molecule has 0 saturated carbocycles. The van der Waals surface area contributed by atoms with Gasteiger partial charge in [-0.15, -0.1) is 11.3 Å². The molecule has 2 unspecified atom stereocenters. The molecule has 1 aromatic heterocycles. The van der Waals surface area contributed by atoms with Gasteiger partial charge in [-0.3, -0.25) is 0 Å². The molecule has 0 aliphatic carbocycles. The molecule has 4 nitrogen and oxygen atoms in total. The zero-order chi connectivity index (χ0) is 15.5. The zero-order valence-corrected chi connectivity index (χ0v) is 14.4. The van der Waals surface area contributed by atoms with Crippen LogP contribution in [0.3, 0.4) is 0 Å². The van der Waals surface area contributed by atoms with Gasteiger partial charge in [-0.1, -0.05) is 13.8 Å². The molecule has 0 radical (unpaired) electrons. The van der Waals surface area contributed by atoms with Gasteiger partial charge in [0.05, 0.1) is 13.2 Å². The van der Waals surface area contributed by atoms with Crippen molar-refractivity contribution in [3.05, 3.63) is 10.8 Å². The molecule has 0 aliphatic heterocycles. The van der Waals surface area contributed by atoms with E-state index in [1.807, 2.05) is 24.6 Å². The van der Waals surface area contributed by atoms with Crippen LogP contribution in [0.4, 0.5) is 0 Å². The van der Waals surface area contributed by atoms with Gasteiger partial charge in [0.1, 0.15) is 12.2 Å². The Morgan fingerprint density at radius 3 is 1.67 bits per heavy atom. The zero-order valence-electron chi connectivity index (χ0n) is 13.6. The summed E-state index contributed by atoms with van der Waals surface area (Å²) in [6.45, 7) is 10.9. The molecule has 122 valence electrons. The van der Waals surface area contributed by atoms with Crippen LogP contribution in [0.1, 0.15) is 40.5 Å². The first kappa shape index (κ1) is 18.3. The fourth-order valence-electron chi connectivity index (χ4n) is 1.73. The van der Waals surface area contributed by atoms with Gasteiger partial charge >= 0.3 is 0 Å². The topological polar surface area (TPSA) is 36.9 Å². The van der Waals surface area contributed by atoms with Crippen molar-refractivity contribution < 1.29 is 18.9 Å². The Morgan fingerprint density at radius 1 is 0.857 bits per heavy atom. The average Bonchev–Trinajstić information content (AvgIpc) is 2.86. The van der Waals surface area contributed by atoms with E-state index in [0.717, 1.165) is 37.6 Å². The number of hydrogen-bond acceptors (Lipinski definition) is 5. The van der Waals surface area contributed by atoms with E-state index in [9.17, 15) is 0 Å². The second-order valence-electron chi connectivity index (χ2n) is 5.11. The second-order valence-corrected chi connectivity index (χ2v) is 5.85.